The van der Waals surface area contributed by atoms with Crippen molar-refractivity contribution in [3.63, 3.8) is 0 Å². The normalized spacial score (nSPS) is 10.8. The molecule has 0 saturated carbocycles. The number of aromatic carboxylic acids is 1. The second-order valence-corrected chi connectivity index (χ2v) is 4.40. The van der Waals surface area contributed by atoms with Crippen LogP contribution in [0.5, 0.6) is 0 Å². The monoisotopic (exact) mass is 263 g/mol. The zero-order chi connectivity index (χ0) is 13.8. The van der Waals surface area contributed by atoms with Crippen molar-refractivity contribution in [3.05, 3.63) is 41.1 Å². The minimum atomic E-state index is -0.957. The van der Waals surface area contributed by atoms with E-state index in [2.05, 4.69) is 10.4 Å². The number of nitrogens with zero attached hydrogens (tertiary/aromatic N) is 2. The number of carboxylic acid groups (broad SMARTS) is 1. The molecule has 0 aliphatic heterocycles. The largest absolute Gasteiger partial charge is 0.478 e. The van der Waals surface area contributed by atoms with E-state index in [4.69, 9.17) is 9.52 Å². The summed E-state index contributed by atoms with van der Waals surface area (Å²) in [5.74, 6) is 0.117. The third-order valence-electron chi connectivity index (χ3n) is 2.83. The van der Waals surface area contributed by atoms with E-state index in [1.807, 2.05) is 19.3 Å². The molecular formula is C13H17N3O3. The van der Waals surface area contributed by atoms with Gasteiger partial charge in [-0.3, -0.25) is 4.68 Å². The summed E-state index contributed by atoms with van der Waals surface area (Å²) >= 11 is 0. The van der Waals surface area contributed by atoms with Gasteiger partial charge in [-0.25, -0.2) is 4.79 Å². The highest BCUT2D eigenvalue weighted by molar-refractivity contribution is 5.88. The molecule has 0 bridgehead atoms. The highest BCUT2D eigenvalue weighted by atomic mass is 16.4. The van der Waals surface area contributed by atoms with Crippen molar-refractivity contribution < 1.29 is 14.3 Å². The number of aryl methyl sites for hydroxylation is 2. The van der Waals surface area contributed by atoms with Crippen molar-refractivity contribution >= 4 is 5.97 Å². The number of hydrogen-bond donors (Lipinski definition) is 2. The van der Waals surface area contributed by atoms with Gasteiger partial charge < -0.3 is 14.8 Å². The van der Waals surface area contributed by atoms with Gasteiger partial charge in [-0.05, 0) is 19.1 Å². The molecule has 0 saturated heterocycles. The van der Waals surface area contributed by atoms with E-state index in [-0.39, 0.29) is 5.56 Å². The molecule has 0 radical (unpaired) electrons. The molecule has 2 aromatic rings. The topological polar surface area (TPSA) is 80.3 Å². The number of rotatable bonds is 6. The zero-order valence-corrected chi connectivity index (χ0v) is 11.0. The lowest BCUT2D eigenvalue weighted by Gasteiger charge is -2.00. The first kappa shape index (κ1) is 13.4. The van der Waals surface area contributed by atoms with Crippen molar-refractivity contribution in [2.24, 2.45) is 7.05 Å². The summed E-state index contributed by atoms with van der Waals surface area (Å²) in [6.07, 6.45) is 2.73. The fourth-order valence-corrected chi connectivity index (χ4v) is 1.87. The van der Waals surface area contributed by atoms with E-state index in [1.165, 1.54) is 0 Å². The van der Waals surface area contributed by atoms with Crippen LogP contribution in [0.1, 0.15) is 27.6 Å². The van der Waals surface area contributed by atoms with E-state index in [1.54, 1.807) is 17.7 Å². The van der Waals surface area contributed by atoms with Gasteiger partial charge in [0.25, 0.3) is 0 Å². The molecule has 0 aliphatic rings. The second-order valence-electron chi connectivity index (χ2n) is 4.40. The van der Waals surface area contributed by atoms with E-state index in [9.17, 15) is 4.79 Å². The first-order valence-electron chi connectivity index (χ1n) is 6.08. The SMILES string of the molecule is Cc1oc(CNCCc2ccn(C)n2)cc1C(=O)O. The van der Waals surface area contributed by atoms with Crippen molar-refractivity contribution in [2.45, 2.75) is 19.9 Å². The summed E-state index contributed by atoms with van der Waals surface area (Å²) in [6.45, 7) is 2.93. The van der Waals surface area contributed by atoms with Gasteiger partial charge in [-0.1, -0.05) is 0 Å². The predicted octanol–water partition coefficient (Wildman–Crippen LogP) is 1.35. The van der Waals surface area contributed by atoms with E-state index >= 15 is 0 Å². The first-order valence-corrected chi connectivity index (χ1v) is 6.08. The highest BCUT2D eigenvalue weighted by Gasteiger charge is 2.13. The molecule has 2 heterocycles. The molecule has 6 nitrogen and oxygen atoms in total. The van der Waals surface area contributed by atoms with Crippen molar-refractivity contribution in [1.29, 1.82) is 0 Å². The maximum Gasteiger partial charge on any atom is 0.339 e. The Morgan fingerprint density at radius 2 is 2.37 bits per heavy atom. The van der Waals surface area contributed by atoms with Crippen molar-refractivity contribution in [1.82, 2.24) is 15.1 Å². The first-order chi connectivity index (χ1) is 9.06. The van der Waals surface area contributed by atoms with Crippen LogP contribution in [-0.2, 0) is 20.0 Å². The third-order valence-corrected chi connectivity index (χ3v) is 2.83. The lowest BCUT2D eigenvalue weighted by molar-refractivity contribution is 0.0695. The van der Waals surface area contributed by atoms with Crippen LogP contribution < -0.4 is 5.32 Å². The summed E-state index contributed by atoms with van der Waals surface area (Å²) < 4.78 is 7.14. The van der Waals surface area contributed by atoms with Gasteiger partial charge >= 0.3 is 5.97 Å². The number of hydrogen-bond acceptors (Lipinski definition) is 4. The standard InChI is InChI=1S/C13H17N3O3/c1-9-12(13(17)18)7-11(19-9)8-14-5-3-10-4-6-16(2)15-10/h4,6-7,14H,3,5,8H2,1-2H3,(H,17,18). The van der Waals surface area contributed by atoms with Gasteiger partial charge in [0, 0.05) is 26.2 Å². The number of carboxylic acids is 1. The van der Waals surface area contributed by atoms with Gasteiger partial charge in [-0.2, -0.15) is 5.10 Å². The summed E-state index contributed by atoms with van der Waals surface area (Å²) in [5.41, 5.74) is 1.25. The maximum absolute atomic E-state index is 10.9. The molecule has 0 fully saturated rings. The van der Waals surface area contributed by atoms with Gasteiger partial charge in [0.2, 0.25) is 0 Å². The summed E-state index contributed by atoms with van der Waals surface area (Å²) in [6, 6.07) is 3.53. The van der Waals surface area contributed by atoms with E-state index in [0.29, 0.717) is 18.1 Å². The average molecular weight is 263 g/mol. The minimum Gasteiger partial charge on any atom is -0.478 e. The lowest BCUT2D eigenvalue weighted by Crippen LogP contribution is -2.16. The average Bonchev–Trinajstić information content (AvgIpc) is 2.91. The van der Waals surface area contributed by atoms with Crippen LogP contribution in [0.2, 0.25) is 0 Å². The van der Waals surface area contributed by atoms with Gasteiger partial charge in [0.15, 0.2) is 0 Å². The zero-order valence-electron chi connectivity index (χ0n) is 11.0. The Morgan fingerprint density at radius 1 is 1.58 bits per heavy atom. The molecule has 102 valence electrons. The smallest absolute Gasteiger partial charge is 0.339 e. The number of nitrogens with one attached hydrogen (secondary N) is 1. The van der Waals surface area contributed by atoms with Crippen LogP contribution in [0.25, 0.3) is 0 Å². The molecule has 0 aliphatic carbocycles. The minimum absolute atomic E-state index is 0.224. The number of furan rings is 1. The Labute approximate surface area is 111 Å². The predicted molar refractivity (Wildman–Crippen MR) is 69.0 cm³/mol. The Bertz CT molecular complexity index is 571. The fraction of sp³-hybridized carbons (Fsp3) is 0.385. The molecule has 6 heteroatoms. The van der Waals surface area contributed by atoms with Crippen LogP contribution in [-0.4, -0.2) is 27.4 Å². The van der Waals surface area contributed by atoms with Crippen molar-refractivity contribution in [3.8, 4) is 0 Å². The molecule has 0 aromatic carbocycles. The number of carbonyl (C=O) groups is 1. The highest BCUT2D eigenvalue weighted by Crippen LogP contribution is 2.14. The van der Waals surface area contributed by atoms with E-state index in [0.717, 1.165) is 18.7 Å². The Kier molecular flexibility index (Phi) is 4.01. The fourth-order valence-electron chi connectivity index (χ4n) is 1.87. The molecule has 0 unspecified atom stereocenters. The quantitative estimate of drug-likeness (QED) is 0.769. The molecule has 0 atom stereocenters. The van der Waals surface area contributed by atoms with E-state index < -0.39 is 5.97 Å². The summed E-state index contributed by atoms with van der Waals surface area (Å²) in [5, 5.41) is 16.4. The van der Waals surface area contributed by atoms with Crippen LogP contribution in [0.4, 0.5) is 0 Å². The van der Waals surface area contributed by atoms with Crippen molar-refractivity contribution in [2.75, 3.05) is 6.54 Å². The molecule has 2 aromatic heterocycles. The van der Waals surface area contributed by atoms with Gasteiger partial charge in [-0.15, -0.1) is 0 Å². The molecule has 0 amide bonds. The Morgan fingerprint density at radius 3 is 2.95 bits per heavy atom. The Hall–Kier alpha value is -2.08. The van der Waals surface area contributed by atoms with Crippen LogP contribution in [0, 0.1) is 6.92 Å². The van der Waals surface area contributed by atoms with Crippen LogP contribution in [0.15, 0.2) is 22.7 Å². The van der Waals surface area contributed by atoms with Gasteiger partial charge in [0.05, 0.1) is 12.2 Å². The second kappa shape index (κ2) is 5.71. The molecule has 0 spiro atoms. The molecular weight excluding hydrogens is 246 g/mol. The maximum atomic E-state index is 10.9. The summed E-state index contributed by atoms with van der Waals surface area (Å²) in [7, 11) is 1.88. The van der Waals surface area contributed by atoms with Crippen LogP contribution >= 0.6 is 0 Å². The third kappa shape index (κ3) is 3.45. The summed E-state index contributed by atoms with van der Waals surface area (Å²) in [4.78, 5) is 10.9. The molecule has 19 heavy (non-hydrogen) atoms. The lowest BCUT2D eigenvalue weighted by atomic mass is 10.2. The van der Waals surface area contributed by atoms with Crippen LogP contribution in [0.3, 0.4) is 0 Å². The van der Waals surface area contributed by atoms with Gasteiger partial charge in [0.1, 0.15) is 17.1 Å². The number of aromatic nitrogens is 2. The Balaban J connectivity index is 1.79. The molecule has 2 N–H and O–H groups in total. The molecule has 2 rings (SSSR count).